The van der Waals surface area contributed by atoms with Crippen molar-refractivity contribution in [3.63, 3.8) is 0 Å². The van der Waals surface area contributed by atoms with Gasteiger partial charge in [-0.2, -0.15) is 0 Å². The van der Waals surface area contributed by atoms with Crippen LogP contribution in [0.1, 0.15) is 39.5 Å². The molecule has 0 amide bonds. The lowest BCUT2D eigenvalue weighted by atomic mass is 9.84. The van der Waals surface area contributed by atoms with Crippen LogP contribution in [0.15, 0.2) is 16.6 Å². The van der Waals surface area contributed by atoms with Gasteiger partial charge in [0.2, 0.25) is 0 Å². The third-order valence-electron chi connectivity index (χ3n) is 4.63. The molecule has 3 aliphatic heterocycles. The van der Waals surface area contributed by atoms with Crippen molar-refractivity contribution < 1.29 is 4.39 Å². The Labute approximate surface area is 124 Å². The van der Waals surface area contributed by atoms with E-state index in [1.165, 1.54) is 25.6 Å². The van der Waals surface area contributed by atoms with Crippen molar-refractivity contribution in [3.8, 4) is 0 Å². The molecule has 20 heavy (non-hydrogen) atoms. The van der Waals surface area contributed by atoms with Gasteiger partial charge in [0.25, 0.3) is 0 Å². The Balaban J connectivity index is 1.71. The molecule has 0 saturated carbocycles. The molecule has 0 spiro atoms. The van der Waals surface area contributed by atoms with Gasteiger partial charge in [-0.25, -0.2) is 9.38 Å². The molecular weight excluding hydrogens is 279 g/mol. The van der Waals surface area contributed by atoms with Gasteiger partial charge in [0, 0.05) is 17.6 Å². The minimum Gasteiger partial charge on any atom is -0.366 e. The number of nitrogens with one attached hydrogen (secondary N) is 2. The first kappa shape index (κ1) is 14.1. The van der Waals surface area contributed by atoms with E-state index in [4.69, 9.17) is 11.6 Å². The molecule has 4 nitrogen and oxygen atoms in total. The third kappa shape index (κ3) is 2.66. The molecule has 1 unspecified atom stereocenters. The van der Waals surface area contributed by atoms with Gasteiger partial charge >= 0.3 is 0 Å². The van der Waals surface area contributed by atoms with Crippen LogP contribution in [0, 0.1) is 0 Å². The Hall–Kier alpha value is -0.810. The molecule has 3 heterocycles. The van der Waals surface area contributed by atoms with Crippen molar-refractivity contribution in [2.24, 2.45) is 4.99 Å². The van der Waals surface area contributed by atoms with Crippen molar-refractivity contribution >= 4 is 17.8 Å². The van der Waals surface area contributed by atoms with Crippen molar-refractivity contribution in [2.75, 3.05) is 6.54 Å². The maximum atomic E-state index is 13.8. The van der Waals surface area contributed by atoms with Gasteiger partial charge in [-0.15, -0.1) is 0 Å². The fourth-order valence-electron chi connectivity index (χ4n) is 3.86. The highest BCUT2D eigenvalue weighted by Crippen LogP contribution is 2.37. The molecule has 0 aromatic heterocycles. The third-order valence-corrected chi connectivity index (χ3v) is 4.85. The molecule has 2 saturated heterocycles. The fraction of sp³-hybridized carbons (Fsp3) is 0.786. The van der Waals surface area contributed by atoms with Crippen LogP contribution in [0.5, 0.6) is 0 Å². The van der Waals surface area contributed by atoms with E-state index in [2.05, 4.69) is 34.4 Å². The number of fused-ring (bicyclic) bond motifs is 1. The predicted molar refractivity (Wildman–Crippen MR) is 79.4 cm³/mol. The number of piperidine rings is 1. The standard InChI is InChI=1S/C14H22ClFN4/c1-14(2)7-9(6-10-4-3-5-20(10)14)18-12-11(16)8-17-13(15)19-12/h8-10,13,18-19H,3-7H2,1-2H3/t9-,10+,13?/m0/s1. The molecule has 3 rings (SSSR count). The molecular formula is C14H22ClFN4. The van der Waals surface area contributed by atoms with Crippen LogP contribution < -0.4 is 10.6 Å². The number of alkyl halides is 1. The molecule has 0 radical (unpaired) electrons. The zero-order chi connectivity index (χ0) is 14.3. The topological polar surface area (TPSA) is 39.7 Å². The van der Waals surface area contributed by atoms with Gasteiger partial charge in [-0.1, -0.05) is 11.6 Å². The van der Waals surface area contributed by atoms with E-state index >= 15 is 0 Å². The van der Waals surface area contributed by atoms with E-state index in [1.54, 1.807) is 0 Å². The average Bonchev–Trinajstić information content (AvgIpc) is 2.82. The van der Waals surface area contributed by atoms with E-state index in [0.29, 0.717) is 11.9 Å². The van der Waals surface area contributed by atoms with Crippen LogP contribution in [0.2, 0.25) is 0 Å². The van der Waals surface area contributed by atoms with Gasteiger partial charge in [-0.3, -0.25) is 4.90 Å². The minimum atomic E-state index is -0.587. The number of halogens is 2. The molecule has 6 heteroatoms. The van der Waals surface area contributed by atoms with E-state index in [9.17, 15) is 4.39 Å². The summed E-state index contributed by atoms with van der Waals surface area (Å²) in [4.78, 5) is 6.39. The molecule has 0 aromatic rings. The second-order valence-corrected chi connectivity index (χ2v) is 6.98. The summed E-state index contributed by atoms with van der Waals surface area (Å²) >= 11 is 5.88. The van der Waals surface area contributed by atoms with Gasteiger partial charge in [0.05, 0.1) is 6.21 Å². The quantitative estimate of drug-likeness (QED) is 0.607. The smallest absolute Gasteiger partial charge is 0.196 e. The van der Waals surface area contributed by atoms with E-state index in [-0.39, 0.29) is 17.4 Å². The lowest BCUT2D eigenvalue weighted by molar-refractivity contribution is 0.0394. The Bertz CT molecular complexity index is 448. The molecule has 3 atom stereocenters. The summed E-state index contributed by atoms with van der Waals surface area (Å²) in [5.74, 6) is 0.0146. The molecule has 112 valence electrons. The van der Waals surface area contributed by atoms with E-state index < -0.39 is 5.62 Å². The predicted octanol–water partition coefficient (Wildman–Crippen LogP) is 2.32. The normalized spacial score (nSPS) is 36.7. The lowest BCUT2D eigenvalue weighted by Crippen LogP contribution is -2.57. The summed E-state index contributed by atoms with van der Waals surface area (Å²) in [7, 11) is 0. The molecule has 3 aliphatic rings. The Kier molecular flexibility index (Phi) is 3.67. The van der Waals surface area contributed by atoms with Crippen LogP contribution in [0.25, 0.3) is 0 Å². The van der Waals surface area contributed by atoms with Crippen LogP contribution in [0.4, 0.5) is 4.39 Å². The number of aliphatic imine (C=N–C) groups is 1. The average molecular weight is 301 g/mol. The van der Waals surface area contributed by atoms with E-state index in [0.717, 1.165) is 12.8 Å². The van der Waals surface area contributed by atoms with Crippen molar-refractivity contribution in [3.05, 3.63) is 11.6 Å². The molecule has 2 fully saturated rings. The minimum absolute atomic E-state index is 0.164. The summed E-state index contributed by atoms with van der Waals surface area (Å²) < 4.78 is 13.8. The summed E-state index contributed by atoms with van der Waals surface area (Å²) in [5.41, 5.74) is -0.423. The van der Waals surface area contributed by atoms with Crippen LogP contribution in [0.3, 0.4) is 0 Å². The zero-order valence-electron chi connectivity index (χ0n) is 12.0. The highest BCUT2D eigenvalue weighted by molar-refractivity contribution is 6.21. The SMILES string of the molecule is CC1(C)C[C@@H](NC2=C(F)C=NC(Cl)N2)C[C@H]2CCCN21. The van der Waals surface area contributed by atoms with Crippen molar-refractivity contribution in [1.82, 2.24) is 15.5 Å². The Morgan fingerprint density at radius 2 is 2.35 bits per heavy atom. The van der Waals surface area contributed by atoms with Gasteiger partial charge in [-0.05, 0) is 46.1 Å². The van der Waals surface area contributed by atoms with E-state index in [1.807, 2.05) is 0 Å². The van der Waals surface area contributed by atoms with Crippen LogP contribution >= 0.6 is 11.6 Å². The van der Waals surface area contributed by atoms with Crippen LogP contribution in [-0.2, 0) is 0 Å². The number of hydrogen-bond acceptors (Lipinski definition) is 4. The molecule has 0 aromatic carbocycles. The maximum absolute atomic E-state index is 13.8. The Morgan fingerprint density at radius 3 is 3.15 bits per heavy atom. The van der Waals surface area contributed by atoms with Crippen molar-refractivity contribution in [2.45, 2.75) is 62.8 Å². The van der Waals surface area contributed by atoms with Gasteiger partial charge < -0.3 is 10.6 Å². The molecule has 0 aliphatic carbocycles. The maximum Gasteiger partial charge on any atom is 0.196 e. The summed E-state index contributed by atoms with van der Waals surface area (Å²) in [6, 6.07) is 0.886. The Morgan fingerprint density at radius 1 is 1.55 bits per heavy atom. The number of rotatable bonds is 2. The molecule has 0 bridgehead atoms. The second kappa shape index (κ2) is 5.19. The van der Waals surface area contributed by atoms with Crippen LogP contribution in [-0.4, -0.2) is 40.9 Å². The lowest BCUT2D eigenvalue weighted by Gasteiger charge is -2.48. The first-order valence-corrected chi connectivity index (χ1v) is 7.76. The second-order valence-electron chi connectivity index (χ2n) is 6.56. The number of allylic oxidation sites excluding steroid dienone is 1. The monoisotopic (exact) mass is 300 g/mol. The summed E-state index contributed by atoms with van der Waals surface area (Å²) in [5, 5.41) is 6.15. The zero-order valence-corrected chi connectivity index (χ0v) is 12.8. The number of nitrogens with zero attached hydrogens (tertiary/aromatic N) is 2. The first-order valence-electron chi connectivity index (χ1n) is 7.32. The first-order chi connectivity index (χ1) is 9.45. The van der Waals surface area contributed by atoms with Crippen molar-refractivity contribution in [1.29, 1.82) is 0 Å². The van der Waals surface area contributed by atoms with Gasteiger partial charge in [0.1, 0.15) is 5.82 Å². The largest absolute Gasteiger partial charge is 0.366 e. The van der Waals surface area contributed by atoms with Gasteiger partial charge in [0.15, 0.2) is 11.5 Å². The number of hydrogen-bond donors (Lipinski definition) is 2. The summed E-state index contributed by atoms with van der Waals surface area (Å²) in [6.07, 6.45) is 5.77. The fourth-order valence-corrected chi connectivity index (χ4v) is 4.02. The highest BCUT2D eigenvalue weighted by atomic mass is 35.5. The summed E-state index contributed by atoms with van der Waals surface area (Å²) in [6.45, 7) is 5.75. The highest BCUT2D eigenvalue weighted by Gasteiger charge is 2.43. The molecule has 2 N–H and O–H groups in total.